The van der Waals surface area contributed by atoms with E-state index < -0.39 is 23.4 Å². The largest absolute Gasteiger partial charge is 0.508 e. The number of aliphatic hydroxyl groups excluding tert-OH is 1. The maximum Gasteiger partial charge on any atom is 0.471 e. The first-order valence-corrected chi connectivity index (χ1v) is 7.85. The molecule has 0 aliphatic heterocycles. The number of halogens is 3. The molecular formula is C18H17F3N4O2. The van der Waals surface area contributed by atoms with Gasteiger partial charge in [-0.1, -0.05) is 30.3 Å². The van der Waals surface area contributed by atoms with Gasteiger partial charge in [0.15, 0.2) is 5.82 Å². The minimum absolute atomic E-state index is 0.0770. The average molecular weight is 378 g/mol. The maximum atomic E-state index is 12.5. The molecule has 0 unspecified atom stereocenters. The minimum atomic E-state index is -5.11. The van der Waals surface area contributed by atoms with E-state index in [1.54, 1.807) is 22.1 Å². The third kappa shape index (κ3) is 4.67. The Hall–Kier alpha value is -3.28. The number of hydrogen-bond acceptors (Lipinski definition) is 4. The number of nitriles is 1. The molecule has 0 fully saturated rings. The number of benzene rings is 1. The lowest BCUT2D eigenvalue weighted by Crippen LogP contribution is -2.50. The van der Waals surface area contributed by atoms with Gasteiger partial charge >= 0.3 is 12.1 Å². The van der Waals surface area contributed by atoms with E-state index in [2.05, 4.69) is 4.98 Å². The van der Waals surface area contributed by atoms with Crippen LogP contribution in [0.5, 0.6) is 0 Å². The Morgan fingerprint density at radius 3 is 2.48 bits per heavy atom. The van der Waals surface area contributed by atoms with Crippen molar-refractivity contribution in [1.29, 1.82) is 5.26 Å². The van der Waals surface area contributed by atoms with Crippen molar-refractivity contribution in [2.45, 2.75) is 32.1 Å². The Labute approximate surface area is 153 Å². The smallest absolute Gasteiger partial charge is 0.471 e. The molecule has 0 saturated heterocycles. The van der Waals surface area contributed by atoms with Crippen LogP contribution in [0.3, 0.4) is 0 Å². The van der Waals surface area contributed by atoms with E-state index in [0.29, 0.717) is 6.54 Å². The van der Waals surface area contributed by atoms with Crippen molar-refractivity contribution >= 4 is 11.5 Å². The molecule has 0 saturated carbocycles. The lowest BCUT2D eigenvalue weighted by molar-refractivity contribution is -0.175. The fourth-order valence-electron chi connectivity index (χ4n) is 2.38. The van der Waals surface area contributed by atoms with Gasteiger partial charge in [0.1, 0.15) is 17.4 Å². The van der Waals surface area contributed by atoms with Gasteiger partial charge in [0, 0.05) is 18.9 Å². The summed E-state index contributed by atoms with van der Waals surface area (Å²) in [6.45, 7) is 2.66. The number of imidazole rings is 1. The van der Waals surface area contributed by atoms with Gasteiger partial charge in [0.05, 0.1) is 5.54 Å². The molecular weight excluding hydrogens is 361 g/mol. The predicted molar refractivity (Wildman–Crippen MR) is 91.2 cm³/mol. The van der Waals surface area contributed by atoms with Crippen LogP contribution in [-0.2, 0) is 11.3 Å². The summed E-state index contributed by atoms with van der Waals surface area (Å²) >= 11 is 0. The number of rotatable bonds is 5. The quantitative estimate of drug-likeness (QED) is 0.618. The molecule has 6 nitrogen and oxygen atoms in total. The second kappa shape index (κ2) is 7.53. The highest BCUT2D eigenvalue weighted by molar-refractivity contribution is 5.84. The molecule has 2 rings (SSSR count). The monoisotopic (exact) mass is 378 g/mol. The van der Waals surface area contributed by atoms with Gasteiger partial charge in [-0.15, -0.1) is 0 Å². The second-order valence-electron chi connectivity index (χ2n) is 6.28. The van der Waals surface area contributed by atoms with Crippen LogP contribution in [0.15, 0.2) is 48.5 Å². The normalized spacial score (nSPS) is 12.9. The van der Waals surface area contributed by atoms with Gasteiger partial charge in [0.2, 0.25) is 0 Å². The van der Waals surface area contributed by atoms with Crippen molar-refractivity contribution in [3.05, 3.63) is 59.9 Å². The summed E-state index contributed by atoms with van der Waals surface area (Å²) in [7, 11) is 0. The van der Waals surface area contributed by atoms with Crippen molar-refractivity contribution in [3.63, 3.8) is 0 Å². The highest BCUT2D eigenvalue weighted by Gasteiger charge is 2.43. The molecule has 27 heavy (non-hydrogen) atoms. The molecule has 1 aromatic carbocycles. The third-order valence-corrected chi connectivity index (χ3v) is 3.76. The number of allylic oxidation sites excluding steroid dienone is 1. The topological polar surface area (TPSA) is 90.9 Å². The first-order valence-electron chi connectivity index (χ1n) is 7.85. The van der Waals surface area contributed by atoms with E-state index in [4.69, 9.17) is 0 Å². The number of aromatic nitrogens is 2. The first kappa shape index (κ1) is 20.0. The van der Waals surface area contributed by atoms with Gasteiger partial charge in [-0.2, -0.15) is 18.4 Å². The molecule has 0 radical (unpaired) electrons. The van der Waals surface area contributed by atoms with E-state index in [0.717, 1.165) is 19.4 Å². The van der Waals surface area contributed by atoms with Crippen LogP contribution in [0.4, 0.5) is 13.2 Å². The van der Waals surface area contributed by atoms with Gasteiger partial charge < -0.3 is 15.0 Å². The van der Waals surface area contributed by atoms with Crippen LogP contribution in [-0.4, -0.2) is 32.3 Å². The van der Waals surface area contributed by atoms with Crippen LogP contribution >= 0.6 is 0 Å². The number of nitrogens with zero attached hydrogens (tertiary/aromatic N) is 3. The Kier molecular flexibility index (Phi) is 5.59. The van der Waals surface area contributed by atoms with Gasteiger partial charge in [-0.05, 0) is 19.4 Å². The van der Waals surface area contributed by atoms with Crippen LogP contribution in [0.25, 0.3) is 5.57 Å². The van der Waals surface area contributed by atoms with Crippen LogP contribution in [0.1, 0.15) is 25.2 Å². The number of hydrogen-bond donors (Lipinski definition) is 2. The minimum Gasteiger partial charge on any atom is -0.508 e. The Balaban J connectivity index is 2.39. The second-order valence-corrected chi connectivity index (χ2v) is 6.28. The molecule has 0 spiro atoms. The molecule has 1 amide bonds. The highest BCUT2D eigenvalue weighted by atomic mass is 19.4. The molecule has 9 heteroatoms. The molecule has 0 bridgehead atoms. The standard InChI is InChI=1S/C18H17F3N4O2/c1-17(2,24-16(27)18(19,20)21)14(26)13(10-22)15-23-8-9-25(15)11-12-6-4-3-5-7-12/h3-9,26H,11H2,1-2H3,(H,24,27)/b14-13-. The summed E-state index contributed by atoms with van der Waals surface area (Å²) in [4.78, 5) is 15.3. The number of carbonyl (C=O) groups excluding carboxylic acids is 1. The highest BCUT2D eigenvalue weighted by Crippen LogP contribution is 2.26. The fraction of sp³-hybridized carbons (Fsp3) is 0.278. The van der Waals surface area contributed by atoms with Crippen molar-refractivity contribution in [2.24, 2.45) is 0 Å². The van der Waals surface area contributed by atoms with E-state index >= 15 is 0 Å². The van der Waals surface area contributed by atoms with Gasteiger partial charge in [-0.3, -0.25) is 4.79 Å². The molecule has 2 N–H and O–H groups in total. The number of nitrogens with one attached hydrogen (secondary N) is 1. The van der Waals surface area contributed by atoms with Crippen LogP contribution in [0.2, 0.25) is 0 Å². The summed E-state index contributed by atoms with van der Waals surface area (Å²) in [5, 5.41) is 21.6. The van der Waals surface area contributed by atoms with Crippen molar-refractivity contribution in [2.75, 3.05) is 0 Å². The molecule has 1 aromatic heterocycles. The van der Waals surface area contributed by atoms with Crippen molar-refractivity contribution in [3.8, 4) is 6.07 Å². The Morgan fingerprint density at radius 2 is 1.93 bits per heavy atom. The summed E-state index contributed by atoms with van der Waals surface area (Å²) < 4.78 is 39.1. The zero-order chi connectivity index (χ0) is 20.2. The van der Waals surface area contributed by atoms with E-state index in [9.17, 15) is 28.3 Å². The number of alkyl halides is 3. The van der Waals surface area contributed by atoms with Crippen LogP contribution < -0.4 is 5.32 Å². The van der Waals surface area contributed by atoms with Gasteiger partial charge in [-0.25, -0.2) is 4.98 Å². The average Bonchev–Trinajstić information content (AvgIpc) is 3.03. The summed E-state index contributed by atoms with van der Waals surface area (Å²) in [6.07, 6.45) is -2.13. The summed E-state index contributed by atoms with van der Waals surface area (Å²) in [5.74, 6) is -2.86. The maximum absolute atomic E-state index is 12.5. The zero-order valence-corrected chi connectivity index (χ0v) is 14.6. The first-order chi connectivity index (χ1) is 12.6. The van der Waals surface area contributed by atoms with Gasteiger partial charge in [0.25, 0.3) is 0 Å². The molecule has 142 valence electrons. The Bertz CT molecular complexity index is 893. The molecule has 1 heterocycles. The van der Waals surface area contributed by atoms with E-state index in [1.807, 2.05) is 30.3 Å². The lowest BCUT2D eigenvalue weighted by atomic mass is 9.97. The molecule has 0 aliphatic rings. The lowest BCUT2D eigenvalue weighted by Gasteiger charge is -2.27. The zero-order valence-electron chi connectivity index (χ0n) is 14.6. The number of amides is 1. The summed E-state index contributed by atoms with van der Waals surface area (Å²) in [6, 6.07) is 11.0. The van der Waals surface area contributed by atoms with Crippen LogP contribution in [0, 0.1) is 11.3 Å². The Morgan fingerprint density at radius 1 is 1.30 bits per heavy atom. The molecule has 2 aromatic rings. The van der Waals surface area contributed by atoms with E-state index in [-0.39, 0.29) is 11.4 Å². The summed E-state index contributed by atoms with van der Waals surface area (Å²) in [5.41, 5.74) is -1.26. The van der Waals surface area contributed by atoms with E-state index in [1.165, 1.54) is 6.20 Å². The fourth-order valence-corrected chi connectivity index (χ4v) is 2.38. The molecule has 0 aliphatic carbocycles. The van der Waals surface area contributed by atoms with Crippen molar-refractivity contribution < 1.29 is 23.1 Å². The third-order valence-electron chi connectivity index (χ3n) is 3.76. The molecule has 0 atom stereocenters. The van der Waals surface area contributed by atoms with Crippen molar-refractivity contribution in [1.82, 2.24) is 14.9 Å². The SMILES string of the molecule is CC(C)(NC(=O)C(F)(F)F)/C(O)=C(\C#N)c1nccn1Cc1ccccc1. The number of aliphatic hydroxyl groups is 1. The number of carbonyl (C=O) groups is 1. The predicted octanol–water partition coefficient (Wildman–Crippen LogP) is 3.18.